The van der Waals surface area contributed by atoms with Crippen LogP contribution >= 0.6 is 7.82 Å². The molecule has 0 spiro atoms. The summed E-state index contributed by atoms with van der Waals surface area (Å²) in [6.07, 6.45) is 0. The Morgan fingerprint density at radius 3 is 1.14 bits per heavy atom. The van der Waals surface area contributed by atoms with E-state index in [1.807, 2.05) is 0 Å². The van der Waals surface area contributed by atoms with Gasteiger partial charge in [0.05, 0.1) is 0 Å². The van der Waals surface area contributed by atoms with Crippen molar-refractivity contribution in [1.82, 2.24) is 0 Å². The van der Waals surface area contributed by atoms with E-state index in [1.54, 1.807) is 0 Å². The van der Waals surface area contributed by atoms with Gasteiger partial charge in [0, 0.05) is 0 Å². The molecule has 40 valence electrons. The molecule has 3 N–H and O–H groups in total. The van der Waals surface area contributed by atoms with Gasteiger partial charge in [0.15, 0.2) is 0 Å². The number of rotatable bonds is 0. The molecule has 4 nitrogen and oxygen atoms in total. The van der Waals surface area contributed by atoms with E-state index in [1.165, 1.54) is 0 Å². The predicted molar refractivity (Wildman–Crippen MR) is 31.4 cm³/mol. The molecule has 0 aliphatic heterocycles. The average molecular weight is 166 g/mol. The van der Waals surface area contributed by atoms with Crippen LogP contribution in [0.2, 0.25) is 0 Å². The predicted octanol–water partition coefficient (Wildman–Crippen LogP) is -2.76. The summed E-state index contributed by atoms with van der Waals surface area (Å²) in [6, 6.07) is 0. The molecule has 0 aliphatic rings. The van der Waals surface area contributed by atoms with E-state index in [0.717, 1.165) is 0 Å². The van der Waals surface area contributed by atoms with E-state index >= 15 is 0 Å². The van der Waals surface area contributed by atoms with Crippen molar-refractivity contribution in [2.45, 2.75) is 0 Å². The van der Waals surface area contributed by atoms with Crippen LogP contribution in [0.5, 0.6) is 0 Å². The summed E-state index contributed by atoms with van der Waals surface area (Å²) in [6.45, 7) is 0. The van der Waals surface area contributed by atoms with Crippen LogP contribution in [0.1, 0.15) is 0 Å². The van der Waals surface area contributed by atoms with Crippen LogP contribution in [-0.4, -0.2) is 75.5 Å². The summed E-state index contributed by atoms with van der Waals surface area (Å²) in [5.41, 5.74) is 0. The van der Waals surface area contributed by atoms with Crippen LogP contribution in [0, 0.1) is 0 Å². The number of hydrogen-bond donors (Lipinski definition) is 3. The zero-order chi connectivity index (χ0) is 4.50. The summed E-state index contributed by atoms with van der Waals surface area (Å²) < 4.78 is 8.88. The Morgan fingerprint density at radius 2 is 1.14 bits per heavy atom. The Balaban J connectivity index is -0.0000000800. The molecule has 0 aromatic heterocycles. The molecular weight excluding hydrogens is 159 g/mol. The van der Waals surface area contributed by atoms with Crippen molar-refractivity contribution in [2.75, 3.05) is 0 Å². The van der Waals surface area contributed by atoms with E-state index in [4.69, 9.17) is 19.2 Å². The minimum Gasteiger partial charge on any atom is 0.316 e. The smallest absolute Gasteiger partial charge is 0.316 e. The molecule has 7 heteroatoms. The van der Waals surface area contributed by atoms with Crippen LogP contribution in [0.25, 0.3) is 0 Å². The molecule has 0 aromatic rings. The summed E-state index contributed by atoms with van der Waals surface area (Å²) in [7, 11) is -4.64. The van der Waals surface area contributed by atoms with Crippen molar-refractivity contribution in [3.63, 3.8) is 0 Å². The van der Waals surface area contributed by atoms with E-state index in [2.05, 4.69) is 0 Å². The van der Waals surface area contributed by atoms with Gasteiger partial charge in [0.25, 0.3) is 0 Å². The van der Waals surface area contributed by atoms with Gasteiger partial charge in [-0.3, -0.25) is 0 Å². The third-order valence-corrected chi connectivity index (χ3v) is 0. The minimum atomic E-state index is -4.64. The van der Waals surface area contributed by atoms with Crippen molar-refractivity contribution in [3.05, 3.63) is 0 Å². The molecule has 0 fully saturated rings. The Morgan fingerprint density at radius 1 is 1.14 bits per heavy atom. The van der Waals surface area contributed by atoms with Gasteiger partial charge in [-0.25, -0.2) is 4.57 Å². The molecule has 0 heterocycles. The van der Waals surface area contributed by atoms with Gasteiger partial charge in [0.2, 0.25) is 0 Å². The van der Waals surface area contributed by atoms with Crippen molar-refractivity contribution in [1.29, 1.82) is 0 Å². The second-order valence-electron chi connectivity index (χ2n) is 0.513. The second-order valence-corrected chi connectivity index (χ2v) is 1.54. The standard InChI is InChI=1S/Ca.Mg.H3O4P.4H/c;;1-5(2,3)4;;;;/h;;(H3,1,2,3,4);;;;. The number of phosphoric acid groups is 1. The normalized spacial score (nSPS) is 8.43. The van der Waals surface area contributed by atoms with E-state index < -0.39 is 7.82 Å². The zero-order valence-corrected chi connectivity index (χ0v) is 3.09. The molecule has 0 unspecified atom stereocenters. The first-order valence-corrected chi connectivity index (χ1v) is 2.35. The van der Waals surface area contributed by atoms with Crippen molar-refractivity contribution in [3.8, 4) is 0 Å². The maximum atomic E-state index is 8.88. The zero-order valence-electron chi connectivity index (χ0n) is 2.20. The Hall–Kier alpha value is 2.14. The van der Waals surface area contributed by atoms with Gasteiger partial charge < -0.3 is 14.7 Å². The first-order valence-electron chi connectivity index (χ1n) is 0.783. The molecule has 0 amide bonds. The Labute approximate surface area is 86.7 Å². The molecule has 0 bridgehead atoms. The maximum Gasteiger partial charge on any atom is 0.316 e. The van der Waals surface area contributed by atoms with Gasteiger partial charge in [0.1, 0.15) is 0 Å². The molecule has 0 aromatic carbocycles. The van der Waals surface area contributed by atoms with E-state index in [0.29, 0.717) is 0 Å². The Bertz CT molecular complexity index is 57.8. The van der Waals surface area contributed by atoms with Crippen molar-refractivity contribution >= 4 is 68.6 Å². The van der Waals surface area contributed by atoms with Crippen molar-refractivity contribution in [2.24, 2.45) is 0 Å². The molecule has 0 radical (unpaired) electrons. The molecule has 7 heavy (non-hydrogen) atoms. The monoisotopic (exact) mass is 166 g/mol. The van der Waals surface area contributed by atoms with Crippen LogP contribution in [0.15, 0.2) is 0 Å². The third-order valence-electron chi connectivity index (χ3n) is 0. The fraction of sp³-hybridized carbons (Fsp3) is 0. The van der Waals surface area contributed by atoms with Gasteiger partial charge in [-0.15, -0.1) is 0 Å². The van der Waals surface area contributed by atoms with E-state index in [9.17, 15) is 0 Å². The summed E-state index contributed by atoms with van der Waals surface area (Å²) >= 11 is 0. The fourth-order valence-electron chi connectivity index (χ4n) is 0. The van der Waals surface area contributed by atoms with Gasteiger partial charge in [-0.05, 0) is 0 Å². The summed E-state index contributed by atoms with van der Waals surface area (Å²) in [4.78, 5) is 21.6. The molecule has 0 atom stereocenters. The topological polar surface area (TPSA) is 77.8 Å². The third kappa shape index (κ3) is 67.1. The van der Waals surface area contributed by atoms with Crippen LogP contribution < -0.4 is 0 Å². The molecule has 0 rings (SSSR count). The van der Waals surface area contributed by atoms with Crippen LogP contribution in [-0.2, 0) is 4.57 Å². The van der Waals surface area contributed by atoms with Crippen LogP contribution in [0.3, 0.4) is 0 Å². The molecular formula is H7CaMgO4P. The molecule has 0 saturated carbocycles. The molecule has 0 saturated heterocycles. The summed E-state index contributed by atoms with van der Waals surface area (Å²) in [5.74, 6) is 0. The number of hydrogen-bond acceptors (Lipinski definition) is 1. The first-order chi connectivity index (χ1) is 2.00. The maximum absolute atomic E-state index is 8.88. The SMILES string of the molecule is O=P(O)(O)O.[CaH2].[MgH2]. The van der Waals surface area contributed by atoms with E-state index in [-0.39, 0.29) is 60.8 Å². The summed E-state index contributed by atoms with van der Waals surface area (Å²) in [5, 5.41) is 0. The average Bonchev–Trinajstić information content (AvgIpc) is 0.722. The van der Waals surface area contributed by atoms with Crippen molar-refractivity contribution < 1.29 is 19.2 Å². The van der Waals surface area contributed by atoms with Gasteiger partial charge >= 0.3 is 68.6 Å². The van der Waals surface area contributed by atoms with Gasteiger partial charge in [-0.2, -0.15) is 0 Å². The fourth-order valence-corrected chi connectivity index (χ4v) is 0. The van der Waals surface area contributed by atoms with Crippen LogP contribution in [0.4, 0.5) is 0 Å². The molecule has 0 aliphatic carbocycles. The first kappa shape index (κ1) is 16.1. The second kappa shape index (κ2) is 6.26. The Kier molecular flexibility index (Phi) is 14.4. The van der Waals surface area contributed by atoms with Gasteiger partial charge in [-0.1, -0.05) is 0 Å². The largest absolute Gasteiger partial charge is 0.316 e. The minimum absolute atomic E-state index is 0. The quantitative estimate of drug-likeness (QED) is 0.269.